The van der Waals surface area contributed by atoms with E-state index in [-0.39, 0.29) is 10.8 Å². The molecule has 0 aliphatic rings. The Morgan fingerprint density at radius 2 is 1.85 bits per heavy atom. The van der Waals surface area contributed by atoms with Crippen LogP contribution in [0, 0.1) is 0 Å². The molecule has 0 bridgehead atoms. The Labute approximate surface area is 124 Å². The molecular weight excluding hydrogens is 264 g/mol. The first kappa shape index (κ1) is 16.7. The Hall–Kier alpha value is -1.35. The highest BCUT2D eigenvalue weighted by molar-refractivity contribution is 6.74. The van der Waals surface area contributed by atoms with Crippen molar-refractivity contribution in [3.8, 4) is 5.75 Å². The van der Waals surface area contributed by atoms with E-state index in [0.29, 0.717) is 0 Å². The number of rotatable bonds is 5. The smallest absolute Gasteiger partial charge is 0.250 e. The van der Waals surface area contributed by atoms with Crippen molar-refractivity contribution in [2.24, 2.45) is 0 Å². The minimum absolute atomic E-state index is 0.0767. The minimum Gasteiger partial charge on any atom is -0.543 e. The molecule has 0 amide bonds. The lowest BCUT2D eigenvalue weighted by Gasteiger charge is -2.37. The maximum absolute atomic E-state index is 11.0. The van der Waals surface area contributed by atoms with Crippen molar-refractivity contribution in [3.05, 3.63) is 42.0 Å². The van der Waals surface area contributed by atoms with Gasteiger partial charge >= 0.3 is 0 Å². The van der Waals surface area contributed by atoms with Crippen LogP contribution in [-0.2, 0) is 11.2 Å². The second-order valence-corrected chi connectivity index (χ2v) is 11.4. The molecule has 0 spiro atoms. The van der Waals surface area contributed by atoms with E-state index in [4.69, 9.17) is 4.43 Å². The Balaban J connectivity index is 2.94. The van der Waals surface area contributed by atoms with Gasteiger partial charge < -0.3 is 4.43 Å². The van der Waals surface area contributed by atoms with Crippen LogP contribution in [0.5, 0.6) is 5.75 Å². The van der Waals surface area contributed by atoms with Crippen molar-refractivity contribution in [1.82, 2.24) is 0 Å². The highest BCUT2D eigenvalue weighted by Crippen LogP contribution is 2.38. The first-order valence-electron chi connectivity index (χ1n) is 7.07. The Bertz CT molecular complexity index is 496. The molecule has 0 aromatic heterocycles. The van der Waals surface area contributed by atoms with Crippen LogP contribution in [-0.4, -0.2) is 14.1 Å². The molecule has 1 rings (SSSR count). The largest absolute Gasteiger partial charge is 0.543 e. The van der Waals surface area contributed by atoms with Gasteiger partial charge in [0.05, 0.1) is 0 Å². The number of carbonyl (C=O) groups is 1. The molecule has 2 nitrogen and oxygen atoms in total. The molecule has 20 heavy (non-hydrogen) atoms. The first-order chi connectivity index (χ1) is 9.13. The van der Waals surface area contributed by atoms with Crippen LogP contribution in [0.2, 0.25) is 18.1 Å². The summed E-state index contributed by atoms with van der Waals surface area (Å²) in [4.78, 5) is 11.0. The van der Waals surface area contributed by atoms with Gasteiger partial charge in [-0.3, -0.25) is 4.79 Å². The molecule has 0 aliphatic carbocycles. The zero-order valence-corrected chi connectivity index (χ0v) is 14.5. The monoisotopic (exact) mass is 290 g/mol. The Morgan fingerprint density at radius 3 is 2.40 bits per heavy atom. The van der Waals surface area contributed by atoms with E-state index in [0.717, 1.165) is 17.7 Å². The highest BCUT2D eigenvalue weighted by Gasteiger charge is 2.39. The van der Waals surface area contributed by atoms with Crippen molar-refractivity contribution < 1.29 is 9.22 Å². The van der Waals surface area contributed by atoms with Gasteiger partial charge in [0.15, 0.2) is 5.78 Å². The molecule has 110 valence electrons. The molecule has 0 fully saturated rings. The average molecular weight is 290 g/mol. The maximum atomic E-state index is 11.0. The van der Waals surface area contributed by atoms with Crippen LogP contribution in [0.1, 0.15) is 33.3 Å². The molecule has 0 heterocycles. The highest BCUT2D eigenvalue weighted by atomic mass is 28.4. The molecule has 0 radical (unpaired) electrons. The first-order valence-corrected chi connectivity index (χ1v) is 9.98. The van der Waals surface area contributed by atoms with Gasteiger partial charge in [0.2, 0.25) is 8.32 Å². The van der Waals surface area contributed by atoms with E-state index >= 15 is 0 Å². The predicted octanol–water partition coefficient (Wildman–Crippen LogP) is 4.76. The third-order valence-corrected chi connectivity index (χ3v) is 8.18. The Kier molecular flexibility index (Phi) is 5.34. The van der Waals surface area contributed by atoms with Gasteiger partial charge in [-0.25, -0.2) is 0 Å². The van der Waals surface area contributed by atoms with Gasteiger partial charge in [0.25, 0.3) is 0 Å². The second-order valence-electron chi connectivity index (χ2n) is 6.69. The molecular formula is C17H26O2Si. The third-order valence-electron chi connectivity index (χ3n) is 3.83. The van der Waals surface area contributed by atoms with Gasteiger partial charge in [-0.05, 0) is 49.2 Å². The van der Waals surface area contributed by atoms with E-state index in [1.54, 1.807) is 13.0 Å². The van der Waals surface area contributed by atoms with Gasteiger partial charge in [-0.2, -0.15) is 0 Å². The Morgan fingerprint density at radius 1 is 1.25 bits per heavy atom. The molecule has 0 saturated carbocycles. The lowest BCUT2D eigenvalue weighted by molar-refractivity contribution is -0.112. The number of ketones is 1. The average Bonchev–Trinajstić information content (AvgIpc) is 2.29. The number of allylic oxidation sites excluding steroid dienone is 2. The van der Waals surface area contributed by atoms with Crippen molar-refractivity contribution in [1.29, 1.82) is 0 Å². The van der Waals surface area contributed by atoms with E-state index in [1.807, 2.05) is 24.3 Å². The molecule has 0 saturated heterocycles. The SMILES string of the molecule is CC(=O)/C=C/Cc1ccccc1O[Si](C)(C)C(C)(C)C. The van der Waals surface area contributed by atoms with Gasteiger partial charge in [0, 0.05) is 0 Å². The molecule has 0 N–H and O–H groups in total. The summed E-state index contributed by atoms with van der Waals surface area (Å²) in [6, 6.07) is 8.10. The van der Waals surface area contributed by atoms with E-state index in [9.17, 15) is 4.79 Å². The summed E-state index contributed by atoms with van der Waals surface area (Å²) in [5, 5.41) is 0.176. The predicted molar refractivity (Wildman–Crippen MR) is 87.8 cm³/mol. The summed E-state index contributed by atoms with van der Waals surface area (Å²) < 4.78 is 6.38. The minimum atomic E-state index is -1.83. The van der Waals surface area contributed by atoms with Crippen molar-refractivity contribution in [2.45, 2.75) is 52.2 Å². The van der Waals surface area contributed by atoms with Crippen LogP contribution in [0.4, 0.5) is 0 Å². The van der Waals surface area contributed by atoms with Crippen LogP contribution < -0.4 is 4.43 Å². The number of hydrogen-bond acceptors (Lipinski definition) is 2. The quantitative estimate of drug-likeness (QED) is 0.577. The fourth-order valence-electron chi connectivity index (χ4n) is 1.55. The van der Waals surface area contributed by atoms with Crippen LogP contribution in [0.3, 0.4) is 0 Å². The molecule has 1 aromatic rings. The summed E-state index contributed by atoms with van der Waals surface area (Å²) in [5.41, 5.74) is 1.13. The van der Waals surface area contributed by atoms with E-state index < -0.39 is 8.32 Å². The number of carbonyl (C=O) groups excluding carboxylic acids is 1. The second kappa shape index (κ2) is 6.40. The van der Waals surface area contributed by atoms with Gasteiger partial charge in [-0.15, -0.1) is 0 Å². The summed E-state index contributed by atoms with van der Waals surface area (Å²) >= 11 is 0. The topological polar surface area (TPSA) is 26.3 Å². The fourth-order valence-corrected chi connectivity index (χ4v) is 2.61. The zero-order valence-electron chi connectivity index (χ0n) is 13.5. The summed E-state index contributed by atoms with van der Waals surface area (Å²) in [6.45, 7) is 12.8. The van der Waals surface area contributed by atoms with Crippen molar-refractivity contribution in [3.63, 3.8) is 0 Å². The van der Waals surface area contributed by atoms with Crippen LogP contribution in [0.25, 0.3) is 0 Å². The van der Waals surface area contributed by atoms with Crippen molar-refractivity contribution in [2.75, 3.05) is 0 Å². The van der Waals surface area contributed by atoms with E-state index in [2.05, 4.69) is 39.9 Å². The normalized spacial score (nSPS) is 12.7. The number of benzene rings is 1. The lowest BCUT2D eigenvalue weighted by Crippen LogP contribution is -2.44. The van der Waals surface area contributed by atoms with Crippen LogP contribution in [0.15, 0.2) is 36.4 Å². The summed E-state index contributed by atoms with van der Waals surface area (Å²) in [7, 11) is -1.83. The van der Waals surface area contributed by atoms with Gasteiger partial charge in [-0.1, -0.05) is 45.0 Å². The molecule has 0 unspecified atom stereocenters. The maximum Gasteiger partial charge on any atom is 0.250 e. The third kappa shape index (κ3) is 4.64. The molecule has 0 aliphatic heterocycles. The van der Waals surface area contributed by atoms with Crippen molar-refractivity contribution >= 4 is 14.1 Å². The van der Waals surface area contributed by atoms with Gasteiger partial charge in [0.1, 0.15) is 5.75 Å². The fraction of sp³-hybridized carbons (Fsp3) is 0.471. The summed E-state index contributed by atoms with van der Waals surface area (Å²) in [5.74, 6) is 1.03. The lowest BCUT2D eigenvalue weighted by atomic mass is 10.1. The number of para-hydroxylation sites is 1. The van der Waals surface area contributed by atoms with E-state index in [1.165, 1.54) is 0 Å². The molecule has 0 atom stereocenters. The zero-order chi connectivity index (χ0) is 15.4. The number of hydrogen-bond donors (Lipinski definition) is 0. The molecule has 1 aromatic carbocycles. The summed E-state index contributed by atoms with van der Waals surface area (Å²) in [6.07, 6.45) is 4.24. The van der Waals surface area contributed by atoms with Crippen LogP contribution >= 0.6 is 0 Å². The molecule has 3 heteroatoms. The standard InChI is InChI=1S/C17H26O2Si/c1-14(18)10-9-12-15-11-7-8-13-16(15)19-20(5,6)17(2,3)4/h7-11,13H,12H2,1-6H3/b10-9+.